The number of methoxy groups -OCH3 is 1. The molecule has 27 heavy (non-hydrogen) atoms. The van der Waals surface area contributed by atoms with Crippen molar-refractivity contribution in [1.82, 2.24) is 9.78 Å². The van der Waals surface area contributed by atoms with Crippen LogP contribution in [-0.2, 0) is 9.53 Å². The maximum absolute atomic E-state index is 12.3. The predicted octanol–water partition coefficient (Wildman–Crippen LogP) is 3.37. The molecule has 0 fully saturated rings. The SMILES string of the molecule is COCCOc1ccc2c(c1)NC(=O)CC2c1cccc(-n2cccn2)c1. The van der Waals surface area contributed by atoms with Gasteiger partial charge in [-0.15, -0.1) is 0 Å². The molecule has 1 atom stereocenters. The number of amides is 1. The molecule has 0 aliphatic carbocycles. The van der Waals surface area contributed by atoms with Crippen molar-refractivity contribution in [1.29, 1.82) is 0 Å². The average molecular weight is 363 g/mol. The lowest BCUT2D eigenvalue weighted by molar-refractivity contribution is -0.116. The summed E-state index contributed by atoms with van der Waals surface area (Å²) in [5.41, 5.74) is 3.96. The fourth-order valence-corrected chi connectivity index (χ4v) is 3.38. The van der Waals surface area contributed by atoms with Crippen molar-refractivity contribution in [3.05, 3.63) is 72.1 Å². The summed E-state index contributed by atoms with van der Waals surface area (Å²) in [4.78, 5) is 12.3. The molecule has 6 heteroatoms. The van der Waals surface area contributed by atoms with E-state index in [4.69, 9.17) is 9.47 Å². The number of hydrogen-bond donors (Lipinski definition) is 1. The molecule has 0 radical (unpaired) electrons. The van der Waals surface area contributed by atoms with Crippen LogP contribution in [0.15, 0.2) is 60.9 Å². The van der Waals surface area contributed by atoms with Crippen molar-refractivity contribution in [2.24, 2.45) is 0 Å². The van der Waals surface area contributed by atoms with Gasteiger partial charge in [0.2, 0.25) is 5.91 Å². The minimum absolute atomic E-state index is 0.00251. The first-order chi connectivity index (χ1) is 13.2. The average Bonchev–Trinajstić information content (AvgIpc) is 3.22. The number of anilines is 1. The maximum Gasteiger partial charge on any atom is 0.225 e. The Kier molecular flexibility index (Phi) is 4.89. The largest absolute Gasteiger partial charge is 0.491 e. The Morgan fingerprint density at radius 3 is 2.93 bits per heavy atom. The summed E-state index contributed by atoms with van der Waals surface area (Å²) in [7, 11) is 1.64. The highest BCUT2D eigenvalue weighted by molar-refractivity contribution is 5.95. The maximum atomic E-state index is 12.3. The van der Waals surface area contributed by atoms with Crippen LogP contribution in [0.5, 0.6) is 5.75 Å². The van der Waals surface area contributed by atoms with Crippen molar-refractivity contribution in [3.63, 3.8) is 0 Å². The number of benzene rings is 2. The monoisotopic (exact) mass is 363 g/mol. The molecule has 138 valence electrons. The van der Waals surface area contributed by atoms with Crippen LogP contribution >= 0.6 is 0 Å². The minimum Gasteiger partial charge on any atom is -0.491 e. The molecule has 0 saturated heterocycles. The molecular weight excluding hydrogens is 342 g/mol. The summed E-state index contributed by atoms with van der Waals surface area (Å²) in [6.07, 6.45) is 4.07. The number of ether oxygens (including phenoxy) is 2. The van der Waals surface area contributed by atoms with Crippen LogP contribution in [-0.4, -0.2) is 36.0 Å². The lowest BCUT2D eigenvalue weighted by atomic mass is 9.84. The number of rotatable bonds is 6. The van der Waals surface area contributed by atoms with Gasteiger partial charge in [0.05, 0.1) is 12.3 Å². The number of hydrogen-bond acceptors (Lipinski definition) is 4. The van der Waals surface area contributed by atoms with Gasteiger partial charge < -0.3 is 14.8 Å². The zero-order chi connectivity index (χ0) is 18.6. The Balaban J connectivity index is 1.65. The summed E-state index contributed by atoms with van der Waals surface area (Å²) in [5, 5.41) is 7.25. The molecule has 1 unspecified atom stereocenters. The Morgan fingerprint density at radius 1 is 1.19 bits per heavy atom. The molecule has 1 aliphatic rings. The smallest absolute Gasteiger partial charge is 0.225 e. The van der Waals surface area contributed by atoms with Gasteiger partial charge in [-0.05, 0) is 35.4 Å². The first-order valence-corrected chi connectivity index (χ1v) is 8.90. The number of carbonyl (C=O) groups excluding carboxylic acids is 1. The summed E-state index contributed by atoms with van der Waals surface area (Å²) < 4.78 is 12.5. The molecule has 1 aromatic heterocycles. The third-order valence-electron chi connectivity index (χ3n) is 4.66. The summed E-state index contributed by atoms with van der Waals surface area (Å²) >= 11 is 0. The van der Waals surface area contributed by atoms with E-state index < -0.39 is 0 Å². The van der Waals surface area contributed by atoms with Crippen LogP contribution in [0.1, 0.15) is 23.5 Å². The summed E-state index contributed by atoms with van der Waals surface area (Å²) in [6.45, 7) is 0.991. The Labute approximate surface area is 157 Å². The second-order valence-electron chi connectivity index (χ2n) is 6.44. The number of carbonyl (C=O) groups is 1. The zero-order valence-electron chi connectivity index (χ0n) is 15.1. The first kappa shape index (κ1) is 17.3. The highest BCUT2D eigenvalue weighted by atomic mass is 16.5. The Bertz CT molecular complexity index is 938. The highest BCUT2D eigenvalue weighted by Gasteiger charge is 2.27. The molecule has 3 aromatic rings. The van der Waals surface area contributed by atoms with E-state index in [2.05, 4.69) is 22.5 Å². The fourth-order valence-electron chi connectivity index (χ4n) is 3.38. The van der Waals surface area contributed by atoms with Gasteiger partial charge in [0.15, 0.2) is 0 Å². The Morgan fingerprint density at radius 2 is 2.11 bits per heavy atom. The molecule has 1 N–H and O–H groups in total. The summed E-state index contributed by atoms with van der Waals surface area (Å²) in [6, 6.07) is 15.9. The van der Waals surface area contributed by atoms with Crippen LogP contribution in [0, 0.1) is 0 Å². The van der Waals surface area contributed by atoms with Crippen molar-refractivity contribution in [3.8, 4) is 11.4 Å². The topological polar surface area (TPSA) is 65.4 Å². The fraction of sp³-hybridized carbons (Fsp3) is 0.238. The molecule has 4 rings (SSSR count). The lowest BCUT2D eigenvalue weighted by Gasteiger charge is -2.27. The van der Waals surface area contributed by atoms with E-state index in [0.29, 0.717) is 19.6 Å². The quantitative estimate of drug-likeness (QED) is 0.682. The molecule has 0 saturated carbocycles. The van der Waals surface area contributed by atoms with Crippen molar-refractivity contribution in [2.45, 2.75) is 12.3 Å². The molecule has 0 bridgehead atoms. The molecule has 1 amide bonds. The molecule has 2 heterocycles. The first-order valence-electron chi connectivity index (χ1n) is 8.90. The van der Waals surface area contributed by atoms with E-state index in [9.17, 15) is 4.79 Å². The van der Waals surface area contributed by atoms with Crippen LogP contribution in [0.4, 0.5) is 5.69 Å². The number of nitrogens with one attached hydrogen (secondary N) is 1. The van der Waals surface area contributed by atoms with Crippen molar-refractivity contribution < 1.29 is 14.3 Å². The standard InChI is InChI=1S/C21H21N3O3/c1-26-10-11-27-17-6-7-18-19(14-21(25)23-20(18)13-17)15-4-2-5-16(12-15)24-9-3-8-22-24/h2-9,12-13,19H,10-11,14H2,1H3,(H,23,25). The third-order valence-corrected chi connectivity index (χ3v) is 4.66. The van der Waals surface area contributed by atoms with Crippen LogP contribution in [0.2, 0.25) is 0 Å². The second kappa shape index (κ2) is 7.63. The highest BCUT2D eigenvalue weighted by Crippen LogP contribution is 2.39. The van der Waals surface area contributed by atoms with Gasteiger partial charge in [0.1, 0.15) is 12.4 Å². The van der Waals surface area contributed by atoms with E-state index in [-0.39, 0.29) is 11.8 Å². The number of aromatic nitrogens is 2. The van der Waals surface area contributed by atoms with Crippen LogP contribution in [0.25, 0.3) is 5.69 Å². The molecular formula is C21H21N3O3. The van der Waals surface area contributed by atoms with Crippen molar-refractivity contribution in [2.75, 3.05) is 25.6 Å². The number of nitrogens with zero attached hydrogens (tertiary/aromatic N) is 2. The van der Waals surface area contributed by atoms with Crippen LogP contribution in [0.3, 0.4) is 0 Å². The second-order valence-corrected chi connectivity index (χ2v) is 6.44. The minimum atomic E-state index is -0.00251. The lowest BCUT2D eigenvalue weighted by Crippen LogP contribution is -2.23. The third kappa shape index (κ3) is 3.71. The number of fused-ring (bicyclic) bond motifs is 1. The van der Waals surface area contributed by atoms with E-state index >= 15 is 0 Å². The van der Waals surface area contributed by atoms with Gasteiger partial charge in [-0.1, -0.05) is 18.2 Å². The molecule has 6 nitrogen and oxygen atoms in total. The summed E-state index contributed by atoms with van der Waals surface area (Å²) in [5.74, 6) is 0.723. The van der Waals surface area contributed by atoms with Crippen LogP contribution < -0.4 is 10.1 Å². The van der Waals surface area contributed by atoms with Gasteiger partial charge in [0, 0.05) is 43.6 Å². The van der Waals surface area contributed by atoms with Crippen molar-refractivity contribution >= 4 is 11.6 Å². The zero-order valence-corrected chi connectivity index (χ0v) is 15.1. The van der Waals surface area contributed by atoms with Gasteiger partial charge in [-0.25, -0.2) is 4.68 Å². The van der Waals surface area contributed by atoms with E-state index in [0.717, 1.165) is 28.3 Å². The van der Waals surface area contributed by atoms with Gasteiger partial charge >= 0.3 is 0 Å². The van der Waals surface area contributed by atoms with E-state index in [1.54, 1.807) is 13.3 Å². The van der Waals surface area contributed by atoms with Gasteiger partial charge in [-0.2, -0.15) is 5.10 Å². The molecule has 2 aromatic carbocycles. The van der Waals surface area contributed by atoms with E-state index in [1.807, 2.05) is 47.3 Å². The van der Waals surface area contributed by atoms with Gasteiger partial charge in [0.25, 0.3) is 0 Å². The molecule has 1 aliphatic heterocycles. The van der Waals surface area contributed by atoms with Gasteiger partial charge in [-0.3, -0.25) is 4.79 Å². The Hall–Kier alpha value is -3.12. The normalized spacial score (nSPS) is 15.9. The predicted molar refractivity (Wildman–Crippen MR) is 102 cm³/mol. The van der Waals surface area contributed by atoms with E-state index in [1.165, 1.54) is 0 Å². The molecule has 0 spiro atoms.